The maximum atomic E-state index is 12.8. The Morgan fingerprint density at radius 3 is 2.70 bits per heavy atom. The van der Waals surface area contributed by atoms with E-state index in [1.54, 1.807) is 35.1 Å². The number of hydrogen-bond acceptors (Lipinski definition) is 7. The highest BCUT2D eigenvalue weighted by Crippen LogP contribution is 2.24. The molecule has 1 N–H and O–H groups in total. The lowest BCUT2D eigenvalue weighted by molar-refractivity contribution is -0.120. The van der Waals surface area contributed by atoms with Crippen molar-refractivity contribution in [3.8, 4) is 5.82 Å². The number of piperidine rings is 1. The number of nitrogens with zero attached hydrogens (tertiary/aromatic N) is 5. The van der Waals surface area contributed by atoms with E-state index in [-0.39, 0.29) is 11.8 Å². The van der Waals surface area contributed by atoms with Crippen molar-refractivity contribution in [2.45, 2.75) is 12.8 Å². The van der Waals surface area contributed by atoms with Gasteiger partial charge in [0, 0.05) is 37.2 Å². The maximum Gasteiger partial charge on any atom is 0.337 e. The van der Waals surface area contributed by atoms with Crippen molar-refractivity contribution in [2.75, 3.05) is 30.4 Å². The van der Waals surface area contributed by atoms with Gasteiger partial charge in [-0.1, -0.05) is 0 Å². The van der Waals surface area contributed by atoms with Crippen molar-refractivity contribution in [1.29, 1.82) is 0 Å². The fourth-order valence-electron chi connectivity index (χ4n) is 3.49. The van der Waals surface area contributed by atoms with Gasteiger partial charge in [-0.15, -0.1) is 0 Å². The molecule has 3 heterocycles. The van der Waals surface area contributed by atoms with Gasteiger partial charge in [0.1, 0.15) is 12.1 Å². The van der Waals surface area contributed by atoms with E-state index < -0.39 is 5.97 Å². The molecule has 0 saturated carbocycles. The molecule has 1 unspecified atom stereocenters. The van der Waals surface area contributed by atoms with Gasteiger partial charge < -0.3 is 15.0 Å². The smallest absolute Gasteiger partial charge is 0.337 e. The highest BCUT2D eigenvalue weighted by atomic mass is 16.5. The molecule has 1 aliphatic rings. The Bertz CT molecular complexity index is 1020. The maximum absolute atomic E-state index is 12.8. The summed E-state index contributed by atoms with van der Waals surface area (Å²) in [7, 11) is 1.34. The lowest BCUT2D eigenvalue weighted by Crippen LogP contribution is -2.41. The van der Waals surface area contributed by atoms with Crippen LogP contribution in [0.3, 0.4) is 0 Å². The van der Waals surface area contributed by atoms with E-state index in [2.05, 4.69) is 25.3 Å². The van der Waals surface area contributed by atoms with E-state index in [0.29, 0.717) is 23.6 Å². The number of benzene rings is 1. The first-order valence-electron chi connectivity index (χ1n) is 9.70. The van der Waals surface area contributed by atoms with Gasteiger partial charge in [0.05, 0.1) is 18.6 Å². The van der Waals surface area contributed by atoms with Gasteiger partial charge in [-0.25, -0.2) is 19.4 Å². The fourth-order valence-corrected chi connectivity index (χ4v) is 3.49. The molecule has 9 heteroatoms. The molecule has 154 valence electrons. The number of nitrogens with one attached hydrogen (secondary N) is 1. The summed E-state index contributed by atoms with van der Waals surface area (Å²) in [6.07, 6.45) is 6.73. The number of amides is 1. The first kappa shape index (κ1) is 19.6. The number of methoxy groups -OCH3 is 1. The molecule has 1 amide bonds. The van der Waals surface area contributed by atoms with E-state index >= 15 is 0 Å². The minimum absolute atomic E-state index is 0.0492. The lowest BCUT2D eigenvalue weighted by Gasteiger charge is -2.32. The van der Waals surface area contributed by atoms with E-state index in [1.165, 1.54) is 13.4 Å². The molecule has 0 aliphatic carbocycles. The SMILES string of the molecule is COC(=O)c1ccc(NC(=O)C2CCCN(c3cc(-n4cccn4)ncn3)C2)cc1. The minimum Gasteiger partial charge on any atom is -0.465 e. The summed E-state index contributed by atoms with van der Waals surface area (Å²) in [5, 5.41) is 7.14. The van der Waals surface area contributed by atoms with Gasteiger partial charge in [0.25, 0.3) is 0 Å². The van der Waals surface area contributed by atoms with Gasteiger partial charge >= 0.3 is 5.97 Å². The average molecular weight is 406 g/mol. The minimum atomic E-state index is -0.407. The van der Waals surface area contributed by atoms with Crippen LogP contribution in [0.15, 0.2) is 55.1 Å². The first-order chi connectivity index (χ1) is 14.6. The molecule has 4 rings (SSSR count). The van der Waals surface area contributed by atoms with Crippen LogP contribution in [0.4, 0.5) is 11.5 Å². The van der Waals surface area contributed by atoms with Crippen molar-refractivity contribution >= 4 is 23.4 Å². The number of esters is 1. The summed E-state index contributed by atoms with van der Waals surface area (Å²) in [6, 6.07) is 10.4. The van der Waals surface area contributed by atoms with Crippen molar-refractivity contribution in [2.24, 2.45) is 5.92 Å². The third-order valence-corrected chi connectivity index (χ3v) is 5.07. The Labute approximate surface area is 173 Å². The predicted octanol–water partition coefficient (Wildman–Crippen LogP) is 2.30. The third-order valence-electron chi connectivity index (χ3n) is 5.07. The summed E-state index contributed by atoms with van der Waals surface area (Å²) < 4.78 is 6.37. The van der Waals surface area contributed by atoms with E-state index in [1.807, 2.05) is 18.3 Å². The lowest BCUT2D eigenvalue weighted by atomic mass is 9.97. The zero-order chi connectivity index (χ0) is 20.9. The molecule has 1 aliphatic heterocycles. The summed E-state index contributed by atoms with van der Waals surface area (Å²) in [5.74, 6) is 0.835. The van der Waals surface area contributed by atoms with Crippen molar-refractivity contribution in [3.05, 3.63) is 60.7 Å². The second-order valence-electron chi connectivity index (χ2n) is 7.03. The van der Waals surface area contributed by atoms with Crippen LogP contribution >= 0.6 is 0 Å². The number of anilines is 2. The van der Waals surface area contributed by atoms with Crippen LogP contribution in [0.2, 0.25) is 0 Å². The van der Waals surface area contributed by atoms with Crippen LogP contribution in [-0.4, -0.2) is 51.8 Å². The van der Waals surface area contributed by atoms with Crippen LogP contribution in [0, 0.1) is 5.92 Å². The topological polar surface area (TPSA) is 102 Å². The van der Waals surface area contributed by atoms with Gasteiger partial charge in [0.15, 0.2) is 5.82 Å². The van der Waals surface area contributed by atoms with Crippen LogP contribution in [0.1, 0.15) is 23.2 Å². The number of hydrogen-bond donors (Lipinski definition) is 1. The molecule has 1 saturated heterocycles. The predicted molar refractivity (Wildman–Crippen MR) is 111 cm³/mol. The molecule has 30 heavy (non-hydrogen) atoms. The Morgan fingerprint density at radius 2 is 1.97 bits per heavy atom. The third kappa shape index (κ3) is 4.29. The highest BCUT2D eigenvalue weighted by molar-refractivity contribution is 5.94. The molecule has 1 aromatic carbocycles. The largest absolute Gasteiger partial charge is 0.465 e. The molecule has 9 nitrogen and oxygen atoms in total. The quantitative estimate of drug-likeness (QED) is 0.649. The van der Waals surface area contributed by atoms with Gasteiger partial charge in [-0.3, -0.25) is 4.79 Å². The first-order valence-corrected chi connectivity index (χ1v) is 9.70. The molecule has 2 aromatic heterocycles. The number of carbonyl (C=O) groups is 2. The zero-order valence-corrected chi connectivity index (χ0v) is 16.6. The van der Waals surface area contributed by atoms with Crippen molar-refractivity contribution in [1.82, 2.24) is 19.7 Å². The Hall–Kier alpha value is -3.75. The van der Waals surface area contributed by atoms with Crippen LogP contribution in [0.25, 0.3) is 5.82 Å². The monoisotopic (exact) mass is 406 g/mol. The zero-order valence-electron chi connectivity index (χ0n) is 16.6. The molecular weight excluding hydrogens is 384 g/mol. The van der Waals surface area contributed by atoms with Gasteiger partial charge in [-0.05, 0) is 43.2 Å². The summed E-state index contributed by atoms with van der Waals surface area (Å²) in [4.78, 5) is 35.1. The molecule has 0 radical (unpaired) electrons. The molecule has 1 atom stereocenters. The number of rotatable bonds is 5. The van der Waals surface area contributed by atoms with E-state index in [0.717, 1.165) is 25.2 Å². The second-order valence-corrected chi connectivity index (χ2v) is 7.03. The van der Waals surface area contributed by atoms with Crippen LogP contribution < -0.4 is 10.2 Å². The summed E-state index contributed by atoms with van der Waals surface area (Å²) in [5.41, 5.74) is 1.09. The average Bonchev–Trinajstić information content (AvgIpc) is 3.34. The second kappa shape index (κ2) is 8.73. The Kier molecular flexibility index (Phi) is 5.69. The molecular formula is C21H22N6O3. The van der Waals surface area contributed by atoms with Crippen molar-refractivity contribution in [3.63, 3.8) is 0 Å². The van der Waals surface area contributed by atoms with E-state index in [4.69, 9.17) is 4.74 Å². The van der Waals surface area contributed by atoms with Crippen LogP contribution in [-0.2, 0) is 9.53 Å². The van der Waals surface area contributed by atoms with Crippen LogP contribution in [0.5, 0.6) is 0 Å². The normalized spacial score (nSPS) is 16.2. The molecule has 3 aromatic rings. The fraction of sp³-hybridized carbons (Fsp3) is 0.286. The standard InChI is InChI=1S/C21H22N6O3/c1-30-21(29)15-5-7-17(8-6-15)25-20(28)16-4-2-10-26(13-16)18-12-19(23-14-22-18)27-11-3-9-24-27/h3,5-9,11-12,14,16H,2,4,10,13H2,1H3,(H,25,28). The number of carbonyl (C=O) groups excluding carboxylic acids is 2. The molecule has 0 spiro atoms. The molecule has 0 bridgehead atoms. The highest BCUT2D eigenvalue weighted by Gasteiger charge is 2.27. The Morgan fingerprint density at radius 1 is 1.17 bits per heavy atom. The summed E-state index contributed by atoms with van der Waals surface area (Å²) >= 11 is 0. The molecule has 1 fully saturated rings. The van der Waals surface area contributed by atoms with Crippen molar-refractivity contribution < 1.29 is 14.3 Å². The van der Waals surface area contributed by atoms with Gasteiger partial charge in [-0.2, -0.15) is 5.10 Å². The number of ether oxygens (including phenoxy) is 1. The van der Waals surface area contributed by atoms with Gasteiger partial charge in [0.2, 0.25) is 5.91 Å². The summed E-state index contributed by atoms with van der Waals surface area (Å²) in [6.45, 7) is 1.40. The van der Waals surface area contributed by atoms with E-state index in [9.17, 15) is 9.59 Å². The number of aromatic nitrogens is 4. The Balaban J connectivity index is 1.42.